The first-order valence-corrected chi connectivity index (χ1v) is 6.19. The molecule has 1 N–H and O–H groups in total. The van der Waals surface area contributed by atoms with E-state index < -0.39 is 11.5 Å². The first kappa shape index (κ1) is 10.7. The second-order valence-electron chi connectivity index (χ2n) is 5.28. The van der Waals surface area contributed by atoms with Crippen molar-refractivity contribution in [3.8, 4) is 0 Å². The minimum Gasteiger partial charge on any atom is -0.479 e. The molecule has 0 aromatic carbocycles. The SMILES string of the molecule is O=C(O)C1(n2cnnn2)CCCC(C2CC2)C1. The molecule has 1 aromatic rings. The van der Waals surface area contributed by atoms with Gasteiger partial charge < -0.3 is 5.11 Å². The van der Waals surface area contributed by atoms with Gasteiger partial charge in [0, 0.05) is 0 Å². The number of hydrogen-bond acceptors (Lipinski definition) is 4. The van der Waals surface area contributed by atoms with Gasteiger partial charge in [0.05, 0.1) is 0 Å². The zero-order chi connectivity index (χ0) is 11.9. The quantitative estimate of drug-likeness (QED) is 0.848. The van der Waals surface area contributed by atoms with E-state index in [0.717, 1.165) is 18.8 Å². The fourth-order valence-electron chi connectivity index (χ4n) is 3.12. The molecule has 0 amide bonds. The molecule has 0 radical (unpaired) electrons. The molecule has 6 nitrogen and oxygen atoms in total. The van der Waals surface area contributed by atoms with E-state index in [1.165, 1.54) is 23.9 Å². The molecule has 2 unspecified atom stereocenters. The molecule has 2 saturated carbocycles. The van der Waals surface area contributed by atoms with Crippen molar-refractivity contribution in [3.05, 3.63) is 6.33 Å². The summed E-state index contributed by atoms with van der Waals surface area (Å²) in [6.45, 7) is 0. The summed E-state index contributed by atoms with van der Waals surface area (Å²) in [5, 5.41) is 20.5. The lowest BCUT2D eigenvalue weighted by Gasteiger charge is -2.37. The highest BCUT2D eigenvalue weighted by atomic mass is 16.4. The van der Waals surface area contributed by atoms with Crippen LogP contribution < -0.4 is 0 Å². The van der Waals surface area contributed by atoms with Crippen molar-refractivity contribution in [1.29, 1.82) is 0 Å². The van der Waals surface area contributed by atoms with Crippen LogP contribution in [0.4, 0.5) is 0 Å². The number of aliphatic carboxylic acids is 1. The minimum absolute atomic E-state index is 0.532. The van der Waals surface area contributed by atoms with Crippen LogP contribution in [-0.4, -0.2) is 31.3 Å². The maximum absolute atomic E-state index is 11.6. The minimum atomic E-state index is -0.908. The summed E-state index contributed by atoms with van der Waals surface area (Å²) in [4.78, 5) is 11.6. The van der Waals surface area contributed by atoms with Crippen molar-refractivity contribution >= 4 is 5.97 Å². The highest BCUT2D eigenvalue weighted by Crippen LogP contribution is 2.48. The number of carboxylic acids is 1. The Hall–Kier alpha value is -1.46. The third kappa shape index (κ3) is 1.71. The van der Waals surface area contributed by atoms with Crippen molar-refractivity contribution < 1.29 is 9.90 Å². The van der Waals surface area contributed by atoms with Crippen LogP contribution in [0.2, 0.25) is 0 Å². The number of hydrogen-bond donors (Lipinski definition) is 1. The smallest absolute Gasteiger partial charge is 0.331 e. The average Bonchev–Trinajstić information content (AvgIpc) is 3.04. The van der Waals surface area contributed by atoms with Crippen molar-refractivity contribution in [2.24, 2.45) is 11.8 Å². The normalized spacial score (nSPS) is 33.5. The van der Waals surface area contributed by atoms with Gasteiger partial charge in [-0.1, -0.05) is 6.42 Å². The van der Waals surface area contributed by atoms with Crippen LogP contribution in [0.15, 0.2) is 6.33 Å². The molecular weight excluding hydrogens is 220 g/mol. The van der Waals surface area contributed by atoms with E-state index in [1.807, 2.05) is 0 Å². The molecule has 2 atom stereocenters. The summed E-state index contributed by atoms with van der Waals surface area (Å²) < 4.78 is 1.45. The predicted octanol–water partition coefficient (Wildman–Crippen LogP) is 1.05. The van der Waals surface area contributed by atoms with E-state index in [-0.39, 0.29) is 0 Å². The highest BCUT2D eigenvalue weighted by Gasteiger charge is 2.48. The molecule has 2 aliphatic rings. The molecule has 2 aliphatic carbocycles. The summed E-state index contributed by atoms with van der Waals surface area (Å²) in [5.41, 5.74) is -0.908. The lowest BCUT2D eigenvalue weighted by Crippen LogP contribution is -2.46. The molecule has 1 aromatic heterocycles. The average molecular weight is 236 g/mol. The summed E-state index contributed by atoms with van der Waals surface area (Å²) >= 11 is 0. The third-order valence-electron chi connectivity index (χ3n) is 4.24. The molecule has 0 bridgehead atoms. The van der Waals surface area contributed by atoms with E-state index in [9.17, 15) is 9.90 Å². The van der Waals surface area contributed by atoms with Gasteiger partial charge >= 0.3 is 5.97 Å². The Labute approximate surface area is 99.0 Å². The van der Waals surface area contributed by atoms with Crippen LogP contribution in [-0.2, 0) is 10.3 Å². The van der Waals surface area contributed by atoms with Gasteiger partial charge in [0.1, 0.15) is 6.33 Å². The Bertz CT molecular complexity index is 415. The zero-order valence-electron chi connectivity index (χ0n) is 9.62. The largest absolute Gasteiger partial charge is 0.479 e. The first-order chi connectivity index (χ1) is 8.22. The summed E-state index contributed by atoms with van der Waals surface area (Å²) in [6.07, 6.45) is 7.37. The van der Waals surface area contributed by atoms with Crippen LogP contribution in [0.25, 0.3) is 0 Å². The van der Waals surface area contributed by atoms with Gasteiger partial charge in [-0.15, -0.1) is 5.10 Å². The highest BCUT2D eigenvalue weighted by molar-refractivity contribution is 5.76. The van der Waals surface area contributed by atoms with E-state index in [0.29, 0.717) is 18.8 Å². The van der Waals surface area contributed by atoms with E-state index in [4.69, 9.17) is 0 Å². The van der Waals surface area contributed by atoms with Gasteiger partial charge in [0.2, 0.25) is 0 Å². The molecule has 0 spiro atoms. The second kappa shape index (κ2) is 3.78. The standard InChI is InChI=1S/C11H16N4O2/c16-10(17)11(15-7-12-13-14-15)5-1-2-9(6-11)8-3-4-8/h7-9H,1-6H2,(H,16,17). The first-order valence-electron chi connectivity index (χ1n) is 6.19. The maximum Gasteiger partial charge on any atom is 0.331 e. The number of carboxylic acid groups (broad SMARTS) is 1. The van der Waals surface area contributed by atoms with Crippen LogP contribution in [0.5, 0.6) is 0 Å². The maximum atomic E-state index is 11.6. The van der Waals surface area contributed by atoms with Crippen molar-refractivity contribution in [2.75, 3.05) is 0 Å². The monoisotopic (exact) mass is 236 g/mol. The van der Waals surface area contributed by atoms with Gasteiger partial charge in [0.15, 0.2) is 5.54 Å². The van der Waals surface area contributed by atoms with Crippen LogP contribution in [0.3, 0.4) is 0 Å². The molecule has 2 fully saturated rings. The molecule has 6 heteroatoms. The predicted molar refractivity (Wildman–Crippen MR) is 58.1 cm³/mol. The topological polar surface area (TPSA) is 80.9 Å². The van der Waals surface area contributed by atoms with Crippen LogP contribution in [0, 0.1) is 11.8 Å². The lowest BCUT2D eigenvalue weighted by atomic mass is 9.74. The molecule has 0 aliphatic heterocycles. The van der Waals surface area contributed by atoms with Crippen LogP contribution in [0.1, 0.15) is 38.5 Å². The Kier molecular flexibility index (Phi) is 2.38. The Morgan fingerprint density at radius 2 is 2.18 bits per heavy atom. The van der Waals surface area contributed by atoms with Gasteiger partial charge in [-0.2, -0.15) is 0 Å². The Balaban J connectivity index is 1.91. The summed E-state index contributed by atoms with van der Waals surface area (Å²) in [7, 11) is 0. The fraction of sp³-hybridized carbons (Fsp3) is 0.818. The fourth-order valence-corrected chi connectivity index (χ4v) is 3.12. The zero-order valence-corrected chi connectivity index (χ0v) is 9.62. The summed E-state index contributed by atoms with van der Waals surface area (Å²) in [5.74, 6) is 0.477. The number of nitrogens with zero attached hydrogens (tertiary/aromatic N) is 4. The third-order valence-corrected chi connectivity index (χ3v) is 4.24. The van der Waals surface area contributed by atoms with Crippen LogP contribution >= 0.6 is 0 Å². The van der Waals surface area contributed by atoms with Gasteiger partial charge in [-0.3, -0.25) is 0 Å². The summed E-state index contributed by atoms with van der Waals surface area (Å²) in [6, 6.07) is 0. The van der Waals surface area contributed by atoms with Crippen molar-refractivity contribution in [1.82, 2.24) is 20.2 Å². The number of carbonyl (C=O) groups is 1. The number of tetrazole rings is 1. The van der Waals surface area contributed by atoms with E-state index >= 15 is 0 Å². The lowest BCUT2D eigenvalue weighted by molar-refractivity contribution is -0.151. The molecule has 17 heavy (non-hydrogen) atoms. The van der Waals surface area contributed by atoms with E-state index in [2.05, 4.69) is 15.5 Å². The van der Waals surface area contributed by atoms with Crippen molar-refractivity contribution in [3.63, 3.8) is 0 Å². The Morgan fingerprint density at radius 1 is 1.35 bits per heavy atom. The van der Waals surface area contributed by atoms with Gasteiger partial charge in [-0.05, 0) is 54.4 Å². The molecular formula is C11H16N4O2. The number of aromatic nitrogens is 4. The molecule has 3 rings (SSSR count). The molecule has 1 heterocycles. The molecule has 92 valence electrons. The van der Waals surface area contributed by atoms with Crippen molar-refractivity contribution in [2.45, 2.75) is 44.1 Å². The van der Waals surface area contributed by atoms with Gasteiger partial charge in [0.25, 0.3) is 0 Å². The van der Waals surface area contributed by atoms with Gasteiger partial charge in [-0.25, -0.2) is 9.48 Å². The van der Waals surface area contributed by atoms with E-state index in [1.54, 1.807) is 0 Å². The Morgan fingerprint density at radius 3 is 2.76 bits per heavy atom. The second-order valence-corrected chi connectivity index (χ2v) is 5.28. The number of rotatable bonds is 3. The molecule has 0 saturated heterocycles.